The zero-order valence-electron chi connectivity index (χ0n) is 11.1. The molecule has 0 N–H and O–H groups in total. The van der Waals surface area contributed by atoms with Crippen molar-refractivity contribution in [3.05, 3.63) is 59.1 Å². The summed E-state index contributed by atoms with van der Waals surface area (Å²) in [5.74, 6) is 0.898. The van der Waals surface area contributed by atoms with Crippen LogP contribution in [0, 0.1) is 0 Å². The smallest absolute Gasteiger partial charge is 0.311 e. The maximum Gasteiger partial charge on any atom is 0.311 e. The maximum atomic E-state index is 11.8. The maximum absolute atomic E-state index is 11.8. The van der Waals surface area contributed by atoms with E-state index in [-0.39, 0.29) is 5.97 Å². The average molecular weight is 291 g/mol. The third-order valence-electron chi connectivity index (χ3n) is 2.84. The van der Waals surface area contributed by atoms with Crippen molar-refractivity contribution in [1.29, 1.82) is 0 Å². The highest BCUT2D eigenvalue weighted by Gasteiger charge is 2.08. The number of carbonyl (C=O) groups is 1. The number of para-hydroxylation sites is 1. The van der Waals surface area contributed by atoms with Gasteiger partial charge >= 0.3 is 5.97 Å². The minimum atomic E-state index is -0.297. The van der Waals surface area contributed by atoms with Crippen LogP contribution < -0.4 is 9.47 Å². The Morgan fingerprint density at radius 2 is 1.80 bits per heavy atom. The van der Waals surface area contributed by atoms with Gasteiger partial charge in [0.15, 0.2) is 0 Å². The van der Waals surface area contributed by atoms with E-state index >= 15 is 0 Å². The third-order valence-corrected chi connectivity index (χ3v) is 3.15. The van der Waals surface area contributed by atoms with E-state index in [1.165, 1.54) is 0 Å². The fraction of sp³-hybridized carbons (Fsp3) is 0.188. The highest BCUT2D eigenvalue weighted by molar-refractivity contribution is 6.32. The van der Waals surface area contributed by atoms with Gasteiger partial charge in [0.1, 0.15) is 11.5 Å². The van der Waals surface area contributed by atoms with Crippen molar-refractivity contribution >= 4 is 17.6 Å². The first-order valence-corrected chi connectivity index (χ1v) is 6.65. The first kappa shape index (κ1) is 14.4. The normalized spacial score (nSPS) is 10.1. The Bertz CT molecular complexity index is 579. The summed E-state index contributed by atoms with van der Waals surface area (Å²) in [5.41, 5.74) is 1.06. The predicted molar refractivity (Wildman–Crippen MR) is 78.4 cm³/mol. The van der Waals surface area contributed by atoms with Gasteiger partial charge in [0, 0.05) is 6.42 Å². The van der Waals surface area contributed by atoms with Crippen LogP contribution in [0.5, 0.6) is 11.5 Å². The molecule has 0 atom stereocenters. The lowest BCUT2D eigenvalue weighted by atomic mass is 10.1. The van der Waals surface area contributed by atoms with Crippen LogP contribution in [-0.4, -0.2) is 13.1 Å². The molecule has 20 heavy (non-hydrogen) atoms. The van der Waals surface area contributed by atoms with Crippen LogP contribution in [0.2, 0.25) is 5.02 Å². The fourth-order valence-corrected chi connectivity index (χ4v) is 1.91. The SMILES string of the molecule is COc1ccc(CCC(=O)Oc2ccccc2Cl)cc1. The van der Waals surface area contributed by atoms with Gasteiger partial charge in [-0.25, -0.2) is 0 Å². The third kappa shape index (κ3) is 4.00. The number of methoxy groups -OCH3 is 1. The molecule has 0 amide bonds. The minimum Gasteiger partial charge on any atom is -0.497 e. The number of benzene rings is 2. The van der Waals surface area contributed by atoms with Gasteiger partial charge in [-0.2, -0.15) is 0 Å². The second kappa shape index (κ2) is 6.96. The number of ether oxygens (including phenoxy) is 2. The molecule has 104 valence electrons. The van der Waals surface area contributed by atoms with E-state index in [2.05, 4.69) is 0 Å². The summed E-state index contributed by atoms with van der Waals surface area (Å²) in [6.45, 7) is 0. The van der Waals surface area contributed by atoms with E-state index in [1.54, 1.807) is 31.4 Å². The van der Waals surface area contributed by atoms with Crippen molar-refractivity contribution in [2.45, 2.75) is 12.8 Å². The largest absolute Gasteiger partial charge is 0.497 e. The van der Waals surface area contributed by atoms with Gasteiger partial charge in [0.2, 0.25) is 0 Å². The molecule has 0 heterocycles. The summed E-state index contributed by atoms with van der Waals surface area (Å²) >= 11 is 5.93. The lowest BCUT2D eigenvalue weighted by molar-refractivity contribution is -0.134. The van der Waals surface area contributed by atoms with Crippen LogP contribution in [0.15, 0.2) is 48.5 Å². The molecule has 0 aliphatic rings. The summed E-state index contributed by atoms with van der Waals surface area (Å²) in [6.07, 6.45) is 0.921. The molecule has 0 aliphatic heterocycles. The minimum absolute atomic E-state index is 0.297. The van der Waals surface area contributed by atoms with Crippen molar-refractivity contribution < 1.29 is 14.3 Å². The van der Waals surface area contributed by atoms with Crippen molar-refractivity contribution in [3.63, 3.8) is 0 Å². The van der Waals surface area contributed by atoms with Gasteiger partial charge in [0.25, 0.3) is 0 Å². The molecule has 4 heteroatoms. The summed E-state index contributed by atoms with van der Waals surface area (Å²) in [7, 11) is 1.62. The van der Waals surface area contributed by atoms with Crippen LogP contribution in [0.1, 0.15) is 12.0 Å². The second-order valence-electron chi connectivity index (χ2n) is 4.25. The van der Waals surface area contributed by atoms with Gasteiger partial charge in [-0.1, -0.05) is 35.9 Å². The Labute approximate surface area is 123 Å². The molecule has 0 saturated heterocycles. The number of esters is 1. The molecule has 0 bridgehead atoms. The van der Waals surface area contributed by atoms with Crippen LogP contribution in [-0.2, 0) is 11.2 Å². The Morgan fingerprint density at radius 3 is 2.45 bits per heavy atom. The van der Waals surface area contributed by atoms with Crippen molar-refractivity contribution in [3.8, 4) is 11.5 Å². The lowest BCUT2D eigenvalue weighted by Crippen LogP contribution is -2.09. The topological polar surface area (TPSA) is 35.5 Å². The zero-order chi connectivity index (χ0) is 14.4. The standard InChI is InChI=1S/C16H15ClO3/c1-19-13-9-6-12(7-10-13)8-11-16(18)20-15-5-3-2-4-14(15)17/h2-7,9-10H,8,11H2,1H3. The highest BCUT2D eigenvalue weighted by atomic mass is 35.5. The van der Waals surface area contributed by atoms with E-state index in [4.69, 9.17) is 21.1 Å². The van der Waals surface area contributed by atoms with E-state index < -0.39 is 0 Å². The zero-order valence-corrected chi connectivity index (χ0v) is 11.9. The Morgan fingerprint density at radius 1 is 1.10 bits per heavy atom. The molecule has 0 aromatic heterocycles. The Kier molecular flexibility index (Phi) is 5.02. The van der Waals surface area contributed by atoms with Crippen LogP contribution in [0.4, 0.5) is 0 Å². The number of carbonyl (C=O) groups excluding carboxylic acids is 1. The molecule has 3 nitrogen and oxygen atoms in total. The molecule has 2 aromatic rings. The van der Waals surface area contributed by atoms with Gasteiger partial charge in [0.05, 0.1) is 12.1 Å². The molecule has 2 rings (SSSR count). The predicted octanol–water partition coefficient (Wildman–Crippen LogP) is 3.89. The van der Waals surface area contributed by atoms with E-state index in [0.29, 0.717) is 23.6 Å². The van der Waals surface area contributed by atoms with Gasteiger partial charge in [-0.05, 0) is 36.2 Å². The lowest BCUT2D eigenvalue weighted by Gasteiger charge is -2.06. The van der Waals surface area contributed by atoms with Crippen LogP contribution >= 0.6 is 11.6 Å². The monoisotopic (exact) mass is 290 g/mol. The molecule has 0 radical (unpaired) electrons. The van der Waals surface area contributed by atoms with Crippen molar-refractivity contribution in [1.82, 2.24) is 0 Å². The quantitative estimate of drug-likeness (QED) is 0.619. The molecular weight excluding hydrogens is 276 g/mol. The number of halogens is 1. The van der Waals surface area contributed by atoms with E-state index in [9.17, 15) is 4.79 Å². The number of hydrogen-bond acceptors (Lipinski definition) is 3. The number of hydrogen-bond donors (Lipinski definition) is 0. The Hall–Kier alpha value is -2.00. The number of aryl methyl sites for hydroxylation is 1. The summed E-state index contributed by atoms with van der Waals surface area (Å²) in [5, 5.41) is 0.435. The second-order valence-corrected chi connectivity index (χ2v) is 4.66. The van der Waals surface area contributed by atoms with Gasteiger partial charge in [-0.15, -0.1) is 0 Å². The molecule has 0 saturated carbocycles. The summed E-state index contributed by atoms with van der Waals surface area (Å²) in [4.78, 5) is 11.8. The molecule has 2 aromatic carbocycles. The highest BCUT2D eigenvalue weighted by Crippen LogP contribution is 2.23. The van der Waals surface area contributed by atoms with Crippen LogP contribution in [0.25, 0.3) is 0 Å². The van der Waals surface area contributed by atoms with E-state index in [0.717, 1.165) is 11.3 Å². The molecule has 0 fully saturated rings. The summed E-state index contributed by atoms with van der Waals surface area (Å²) < 4.78 is 10.3. The fourth-order valence-electron chi connectivity index (χ4n) is 1.74. The first-order chi connectivity index (χ1) is 9.69. The molecular formula is C16H15ClO3. The molecule has 0 unspecified atom stereocenters. The number of rotatable bonds is 5. The summed E-state index contributed by atoms with van der Waals surface area (Å²) in [6, 6.07) is 14.5. The molecule has 0 aliphatic carbocycles. The Balaban J connectivity index is 1.87. The molecule has 0 spiro atoms. The van der Waals surface area contributed by atoms with Crippen molar-refractivity contribution in [2.75, 3.05) is 7.11 Å². The van der Waals surface area contributed by atoms with Crippen molar-refractivity contribution in [2.24, 2.45) is 0 Å². The van der Waals surface area contributed by atoms with E-state index in [1.807, 2.05) is 24.3 Å². The van der Waals surface area contributed by atoms with Crippen LogP contribution in [0.3, 0.4) is 0 Å². The first-order valence-electron chi connectivity index (χ1n) is 6.27. The van der Waals surface area contributed by atoms with Gasteiger partial charge < -0.3 is 9.47 Å². The average Bonchev–Trinajstić information content (AvgIpc) is 2.48. The van der Waals surface area contributed by atoms with Gasteiger partial charge in [-0.3, -0.25) is 4.79 Å².